The number of nitrogens with zero attached hydrogens (tertiary/aromatic N) is 2. The number of urea groups is 1. The maximum absolute atomic E-state index is 13.1. The van der Waals surface area contributed by atoms with Crippen LogP contribution in [-0.4, -0.2) is 46.4 Å². The molecule has 1 aromatic carbocycles. The number of imide groups is 1. The molecule has 2 aliphatic heterocycles. The molecule has 1 aromatic heterocycles. The zero-order valence-electron chi connectivity index (χ0n) is 18.2. The summed E-state index contributed by atoms with van der Waals surface area (Å²) < 4.78 is 0. The number of rotatable bonds is 4. The average Bonchev–Trinajstić information content (AvgIpc) is 3.35. The minimum absolute atomic E-state index is 0.0220. The number of hydrogen-bond donors (Lipinski definition) is 2. The van der Waals surface area contributed by atoms with Gasteiger partial charge in [-0.25, -0.2) is 4.79 Å². The van der Waals surface area contributed by atoms with Crippen LogP contribution >= 0.6 is 11.3 Å². The zero-order valence-corrected chi connectivity index (χ0v) is 19.0. The van der Waals surface area contributed by atoms with E-state index in [1.807, 2.05) is 18.2 Å². The minimum atomic E-state index is -0.861. The van der Waals surface area contributed by atoms with Crippen LogP contribution in [0.4, 0.5) is 4.79 Å². The molecule has 3 heterocycles. The molecule has 5 rings (SSSR count). The Morgan fingerprint density at radius 2 is 1.94 bits per heavy atom. The predicted octanol–water partition coefficient (Wildman–Crippen LogP) is 3.23. The fourth-order valence-electron chi connectivity index (χ4n) is 5.22. The van der Waals surface area contributed by atoms with Crippen LogP contribution in [0.2, 0.25) is 0 Å². The molecular formula is C24H28N4O3S. The van der Waals surface area contributed by atoms with Gasteiger partial charge < -0.3 is 5.32 Å². The standard InChI is InChI=1S/C24H28N4O3S/c1-16-7-11-24(12-8-16)22(30)28(23(31)25-24)26-20(29)15-27-13-9-19-18(10-14-32-19)21(27)17-5-3-2-4-6-17/h2-6,10,14,16,21H,7-9,11-13,15H2,1H3,(H,25,31)(H,26,29). The average molecular weight is 453 g/mol. The van der Waals surface area contributed by atoms with Gasteiger partial charge in [-0.1, -0.05) is 37.3 Å². The number of benzene rings is 1. The van der Waals surface area contributed by atoms with Crippen molar-refractivity contribution < 1.29 is 14.4 Å². The highest BCUT2D eigenvalue weighted by Crippen LogP contribution is 2.38. The number of hydrazine groups is 1. The Labute approximate surface area is 191 Å². The van der Waals surface area contributed by atoms with Gasteiger partial charge in [0.25, 0.3) is 11.8 Å². The third kappa shape index (κ3) is 3.71. The number of fused-ring (bicyclic) bond motifs is 1. The van der Waals surface area contributed by atoms with Gasteiger partial charge in [0.1, 0.15) is 5.54 Å². The number of carbonyl (C=O) groups excluding carboxylic acids is 3. The molecule has 0 radical (unpaired) electrons. The second kappa shape index (κ2) is 8.33. The molecular weight excluding hydrogens is 424 g/mol. The summed E-state index contributed by atoms with van der Waals surface area (Å²) in [6.45, 7) is 3.01. The van der Waals surface area contributed by atoms with Gasteiger partial charge in [-0.15, -0.1) is 11.3 Å². The zero-order chi connectivity index (χ0) is 22.3. The SMILES string of the molecule is CC1CCC2(CC1)NC(=O)N(NC(=O)CN1CCc3sccc3C1c1ccccc1)C2=O. The molecule has 1 saturated carbocycles. The van der Waals surface area contributed by atoms with E-state index in [1.54, 1.807) is 11.3 Å². The summed E-state index contributed by atoms with van der Waals surface area (Å²) in [6, 6.07) is 11.7. The van der Waals surface area contributed by atoms with Crippen molar-refractivity contribution in [2.24, 2.45) is 5.92 Å². The number of carbonyl (C=O) groups is 3. The molecule has 2 N–H and O–H groups in total. The fraction of sp³-hybridized carbons (Fsp3) is 0.458. The number of nitrogens with one attached hydrogen (secondary N) is 2. The van der Waals surface area contributed by atoms with Crippen molar-refractivity contribution in [2.75, 3.05) is 13.1 Å². The van der Waals surface area contributed by atoms with Gasteiger partial charge in [-0.3, -0.25) is 19.9 Å². The Balaban J connectivity index is 1.30. The molecule has 4 amide bonds. The van der Waals surface area contributed by atoms with E-state index in [9.17, 15) is 14.4 Å². The van der Waals surface area contributed by atoms with Crippen molar-refractivity contribution in [3.05, 3.63) is 57.8 Å². The summed E-state index contributed by atoms with van der Waals surface area (Å²) in [4.78, 5) is 42.1. The number of amides is 4. The predicted molar refractivity (Wildman–Crippen MR) is 122 cm³/mol. The van der Waals surface area contributed by atoms with Gasteiger partial charge in [0.15, 0.2) is 0 Å². The summed E-state index contributed by atoms with van der Waals surface area (Å²) in [5.41, 5.74) is 4.09. The van der Waals surface area contributed by atoms with Crippen LogP contribution < -0.4 is 10.7 Å². The van der Waals surface area contributed by atoms with E-state index in [4.69, 9.17) is 0 Å². The third-order valence-corrected chi connectivity index (χ3v) is 8.05. The summed E-state index contributed by atoms with van der Waals surface area (Å²) in [7, 11) is 0. The Bertz CT molecular complexity index is 1030. The van der Waals surface area contributed by atoms with Crippen molar-refractivity contribution in [3.8, 4) is 0 Å². The topological polar surface area (TPSA) is 81.8 Å². The first-order valence-corrected chi connectivity index (χ1v) is 12.2. The van der Waals surface area contributed by atoms with Crippen LogP contribution in [0.3, 0.4) is 0 Å². The first-order valence-electron chi connectivity index (χ1n) is 11.3. The maximum Gasteiger partial charge on any atom is 0.344 e. The summed E-state index contributed by atoms with van der Waals surface area (Å²) >= 11 is 1.75. The van der Waals surface area contributed by atoms with Gasteiger partial charge in [0, 0.05) is 11.4 Å². The van der Waals surface area contributed by atoms with Crippen LogP contribution in [0, 0.1) is 5.92 Å². The second-order valence-electron chi connectivity index (χ2n) is 9.20. The van der Waals surface area contributed by atoms with Crippen molar-refractivity contribution in [1.29, 1.82) is 0 Å². The van der Waals surface area contributed by atoms with Crippen LogP contribution in [0.15, 0.2) is 41.8 Å². The lowest BCUT2D eigenvalue weighted by Crippen LogP contribution is -2.53. The molecule has 0 bridgehead atoms. The van der Waals surface area contributed by atoms with Crippen molar-refractivity contribution in [2.45, 2.75) is 50.6 Å². The molecule has 1 unspecified atom stereocenters. The van der Waals surface area contributed by atoms with Crippen molar-refractivity contribution in [3.63, 3.8) is 0 Å². The quantitative estimate of drug-likeness (QED) is 0.698. The fourth-order valence-corrected chi connectivity index (χ4v) is 6.13. The normalized spacial score (nSPS) is 28.0. The van der Waals surface area contributed by atoms with Gasteiger partial charge in [0.2, 0.25) is 0 Å². The molecule has 3 aliphatic rings. The molecule has 2 aromatic rings. The van der Waals surface area contributed by atoms with E-state index < -0.39 is 11.6 Å². The summed E-state index contributed by atoms with van der Waals surface area (Å²) in [6.07, 6.45) is 3.91. The van der Waals surface area contributed by atoms with E-state index >= 15 is 0 Å². The Kier molecular flexibility index (Phi) is 5.51. The lowest BCUT2D eigenvalue weighted by molar-refractivity contribution is -0.140. The number of thiophene rings is 1. The van der Waals surface area contributed by atoms with Crippen LogP contribution in [0.1, 0.15) is 54.7 Å². The van der Waals surface area contributed by atoms with Crippen LogP contribution in [0.5, 0.6) is 0 Å². The molecule has 1 spiro atoms. The Morgan fingerprint density at radius 1 is 1.19 bits per heavy atom. The molecule has 1 aliphatic carbocycles. The monoisotopic (exact) mass is 452 g/mol. The van der Waals surface area contributed by atoms with Crippen molar-refractivity contribution in [1.82, 2.24) is 20.7 Å². The molecule has 2 fully saturated rings. The van der Waals surface area contributed by atoms with E-state index in [1.165, 1.54) is 10.4 Å². The van der Waals surface area contributed by atoms with Gasteiger partial charge in [0.05, 0.1) is 12.6 Å². The van der Waals surface area contributed by atoms with Crippen LogP contribution in [-0.2, 0) is 16.0 Å². The minimum Gasteiger partial charge on any atom is -0.322 e. The number of hydrogen-bond acceptors (Lipinski definition) is 5. The molecule has 168 valence electrons. The van der Waals surface area contributed by atoms with Gasteiger partial charge in [-0.2, -0.15) is 5.01 Å². The molecule has 1 atom stereocenters. The highest BCUT2D eigenvalue weighted by atomic mass is 32.1. The summed E-state index contributed by atoms with van der Waals surface area (Å²) in [5.74, 6) is -0.138. The van der Waals surface area contributed by atoms with Crippen LogP contribution in [0.25, 0.3) is 0 Å². The van der Waals surface area contributed by atoms with Crippen molar-refractivity contribution >= 4 is 29.2 Å². The van der Waals surface area contributed by atoms with E-state index in [2.05, 4.69) is 46.1 Å². The first-order chi connectivity index (χ1) is 15.5. The third-order valence-electron chi connectivity index (χ3n) is 7.05. The maximum atomic E-state index is 13.1. The first kappa shape index (κ1) is 21.2. The molecule has 7 nitrogen and oxygen atoms in total. The highest BCUT2D eigenvalue weighted by molar-refractivity contribution is 7.10. The van der Waals surface area contributed by atoms with E-state index in [0.29, 0.717) is 18.8 Å². The lowest BCUT2D eigenvalue weighted by atomic mass is 9.77. The second-order valence-corrected chi connectivity index (χ2v) is 10.2. The Hall–Kier alpha value is -2.71. The summed E-state index contributed by atoms with van der Waals surface area (Å²) in [5, 5.41) is 5.85. The lowest BCUT2D eigenvalue weighted by Gasteiger charge is -2.36. The molecule has 32 heavy (non-hydrogen) atoms. The van der Waals surface area contributed by atoms with E-state index in [0.717, 1.165) is 36.4 Å². The van der Waals surface area contributed by atoms with Gasteiger partial charge in [-0.05, 0) is 60.6 Å². The van der Waals surface area contributed by atoms with Gasteiger partial charge >= 0.3 is 6.03 Å². The highest BCUT2D eigenvalue weighted by Gasteiger charge is 2.53. The van der Waals surface area contributed by atoms with E-state index in [-0.39, 0.29) is 24.4 Å². The Morgan fingerprint density at radius 3 is 2.69 bits per heavy atom. The smallest absolute Gasteiger partial charge is 0.322 e. The largest absolute Gasteiger partial charge is 0.344 e. The molecule has 8 heteroatoms. The molecule has 1 saturated heterocycles.